The second-order valence-corrected chi connectivity index (χ2v) is 7.92. The Balaban J connectivity index is 1.52. The van der Waals surface area contributed by atoms with E-state index in [1.165, 1.54) is 30.0 Å². The van der Waals surface area contributed by atoms with E-state index in [0.29, 0.717) is 16.7 Å². The molecule has 10 heteroatoms. The van der Waals surface area contributed by atoms with Crippen LogP contribution in [0.2, 0.25) is 5.02 Å². The van der Waals surface area contributed by atoms with E-state index in [-0.39, 0.29) is 16.7 Å². The lowest BCUT2D eigenvalue weighted by atomic mass is 10.3. The summed E-state index contributed by atoms with van der Waals surface area (Å²) in [6.07, 6.45) is 3.76. The Morgan fingerprint density at radius 1 is 1.21 bits per heavy atom. The fraction of sp³-hybridized carbons (Fsp3) is 0.0556. The standard InChI is InChI=1S/C18H13ClFN5OS2/c19-13-10-12(5-6-14(13)20)21-16(26)11-28-18-23-22-17(15-4-3-9-27-15)25(18)24-7-1-2-8-24/h1-10H,11H2,(H,21,26). The monoisotopic (exact) mass is 433 g/mol. The highest BCUT2D eigenvalue weighted by molar-refractivity contribution is 7.99. The average Bonchev–Trinajstić information content (AvgIpc) is 3.43. The number of halogens is 2. The maximum Gasteiger partial charge on any atom is 0.234 e. The van der Waals surface area contributed by atoms with Gasteiger partial charge in [0.05, 0.1) is 15.7 Å². The first kappa shape index (κ1) is 18.7. The molecule has 3 heterocycles. The van der Waals surface area contributed by atoms with E-state index in [0.717, 1.165) is 4.88 Å². The normalized spacial score (nSPS) is 10.9. The van der Waals surface area contributed by atoms with E-state index in [1.807, 2.05) is 51.4 Å². The quantitative estimate of drug-likeness (QED) is 0.450. The number of amides is 1. The average molecular weight is 434 g/mol. The van der Waals surface area contributed by atoms with Crippen molar-refractivity contribution in [3.63, 3.8) is 0 Å². The summed E-state index contributed by atoms with van der Waals surface area (Å²) in [7, 11) is 0. The molecule has 1 N–H and O–H groups in total. The highest BCUT2D eigenvalue weighted by atomic mass is 35.5. The third-order valence-electron chi connectivity index (χ3n) is 3.71. The molecule has 0 saturated heterocycles. The van der Waals surface area contributed by atoms with E-state index < -0.39 is 5.82 Å². The number of thioether (sulfide) groups is 1. The molecule has 0 unspecified atom stereocenters. The van der Waals surface area contributed by atoms with Crippen molar-refractivity contribution in [1.82, 2.24) is 19.5 Å². The Morgan fingerprint density at radius 3 is 2.75 bits per heavy atom. The van der Waals surface area contributed by atoms with Crippen LogP contribution < -0.4 is 5.32 Å². The smallest absolute Gasteiger partial charge is 0.234 e. The molecule has 142 valence electrons. The second kappa shape index (κ2) is 8.17. The minimum atomic E-state index is -0.532. The van der Waals surface area contributed by atoms with Crippen molar-refractivity contribution in [2.75, 3.05) is 11.1 Å². The molecule has 0 atom stereocenters. The molecule has 0 radical (unpaired) electrons. The minimum Gasteiger partial charge on any atom is -0.325 e. The number of aromatic nitrogens is 4. The van der Waals surface area contributed by atoms with E-state index in [1.54, 1.807) is 11.3 Å². The van der Waals surface area contributed by atoms with Crippen molar-refractivity contribution in [1.29, 1.82) is 0 Å². The van der Waals surface area contributed by atoms with Gasteiger partial charge in [-0.25, -0.2) is 9.07 Å². The van der Waals surface area contributed by atoms with Crippen molar-refractivity contribution in [2.24, 2.45) is 0 Å². The molecule has 28 heavy (non-hydrogen) atoms. The van der Waals surface area contributed by atoms with Gasteiger partial charge >= 0.3 is 0 Å². The summed E-state index contributed by atoms with van der Waals surface area (Å²) in [5.74, 6) is 0.0144. The van der Waals surface area contributed by atoms with Gasteiger partial charge in [0.1, 0.15) is 5.82 Å². The molecule has 1 amide bonds. The van der Waals surface area contributed by atoms with Gasteiger partial charge < -0.3 is 5.32 Å². The number of benzene rings is 1. The Hall–Kier alpha value is -2.62. The predicted molar refractivity (Wildman–Crippen MR) is 109 cm³/mol. The number of nitrogens with one attached hydrogen (secondary N) is 1. The van der Waals surface area contributed by atoms with Crippen LogP contribution in [0, 0.1) is 5.82 Å². The molecule has 1 aromatic carbocycles. The van der Waals surface area contributed by atoms with Crippen LogP contribution in [0.4, 0.5) is 10.1 Å². The fourth-order valence-corrected chi connectivity index (χ4v) is 4.09. The first-order chi connectivity index (χ1) is 13.6. The largest absolute Gasteiger partial charge is 0.325 e. The van der Waals surface area contributed by atoms with Gasteiger partial charge in [0.25, 0.3) is 0 Å². The molecule has 0 aliphatic rings. The Bertz CT molecular complexity index is 1100. The van der Waals surface area contributed by atoms with Gasteiger partial charge in [0.2, 0.25) is 11.1 Å². The molecule has 3 aromatic heterocycles. The number of anilines is 1. The summed E-state index contributed by atoms with van der Waals surface area (Å²) >= 11 is 8.56. The van der Waals surface area contributed by atoms with Crippen LogP contribution in [0.1, 0.15) is 0 Å². The van der Waals surface area contributed by atoms with Gasteiger partial charge in [-0.2, -0.15) is 0 Å². The molecule has 0 aliphatic carbocycles. The van der Waals surface area contributed by atoms with Gasteiger partial charge in [-0.15, -0.1) is 21.5 Å². The summed E-state index contributed by atoms with van der Waals surface area (Å²) in [6, 6.07) is 11.8. The van der Waals surface area contributed by atoms with Crippen LogP contribution in [-0.4, -0.2) is 31.2 Å². The first-order valence-electron chi connectivity index (χ1n) is 8.12. The SMILES string of the molecule is O=C(CSc1nnc(-c2cccs2)n1-n1cccc1)Nc1ccc(F)c(Cl)c1. The van der Waals surface area contributed by atoms with Gasteiger partial charge in [0, 0.05) is 18.1 Å². The highest BCUT2D eigenvalue weighted by Gasteiger charge is 2.17. The highest BCUT2D eigenvalue weighted by Crippen LogP contribution is 2.27. The second-order valence-electron chi connectivity index (χ2n) is 5.62. The Morgan fingerprint density at radius 2 is 2.04 bits per heavy atom. The Labute approximate surface area is 172 Å². The first-order valence-corrected chi connectivity index (χ1v) is 10.4. The number of rotatable bonds is 6. The molecule has 0 bridgehead atoms. The van der Waals surface area contributed by atoms with Crippen LogP contribution in [0.3, 0.4) is 0 Å². The number of hydrogen-bond donors (Lipinski definition) is 1. The lowest BCUT2D eigenvalue weighted by molar-refractivity contribution is -0.113. The van der Waals surface area contributed by atoms with Crippen LogP contribution >= 0.6 is 34.7 Å². The molecular weight excluding hydrogens is 421 g/mol. The molecule has 0 spiro atoms. The maximum atomic E-state index is 13.2. The van der Waals surface area contributed by atoms with Gasteiger partial charge in [-0.05, 0) is 41.8 Å². The zero-order valence-electron chi connectivity index (χ0n) is 14.3. The van der Waals surface area contributed by atoms with Gasteiger partial charge in [0.15, 0.2) is 5.82 Å². The van der Waals surface area contributed by atoms with Crippen molar-refractivity contribution in [2.45, 2.75) is 5.16 Å². The summed E-state index contributed by atoms with van der Waals surface area (Å²) in [4.78, 5) is 13.3. The number of carbonyl (C=O) groups is 1. The van der Waals surface area contributed by atoms with Crippen LogP contribution in [0.5, 0.6) is 0 Å². The topological polar surface area (TPSA) is 64.7 Å². The van der Waals surface area contributed by atoms with Crippen LogP contribution in [0.15, 0.2) is 65.4 Å². The summed E-state index contributed by atoms with van der Waals surface area (Å²) < 4.78 is 16.9. The molecule has 0 fully saturated rings. The fourth-order valence-electron chi connectivity index (χ4n) is 2.48. The maximum absolute atomic E-state index is 13.2. The lowest BCUT2D eigenvalue weighted by Gasteiger charge is -2.10. The van der Waals surface area contributed by atoms with Crippen molar-refractivity contribution in [3.8, 4) is 10.7 Å². The molecule has 0 aliphatic heterocycles. The number of thiophene rings is 1. The molecule has 4 aromatic rings. The summed E-state index contributed by atoms with van der Waals surface area (Å²) in [5.41, 5.74) is 0.433. The van der Waals surface area contributed by atoms with Crippen molar-refractivity contribution in [3.05, 3.63) is 71.1 Å². The zero-order valence-corrected chi connectivity index (χ0v) is 16.6. The molecule has 4 rings (SSSR count). The number of carbonyl (C=O) groups excluding carboxylic acids is 1. The summed E-state index contributed by atoms with van der Waals surface area (Å²) in [5, 5.41) is 13.7. The van der Waals surface area contributed by atoms with E-state index in [9.17, 15) is 9.18 Å². The Kier molecular flexibility index (Phi) is 5.47. The molecular formula is C18H13ClFN5OS2. The summed E-state index contributed by atoms with van der Waals surface area (Å²) in [6.45, 7) is 0. The molecule has 0 saturated carbocycles. The third-order valence-corrected chi connectivity index (χ3v) is 5.78. The van der Waals surface area contributed by atoms with Crippen molar-refractivity contribution >= 4 is 46.3 Å². The van der Waals surface area contributed by atoms with Crippen LogP contribution in [-0.2, 0) is 4.79 Å². The zero-order chi connectivity index (χ0) is 19.5. The van der Waals surface area contributed by atoms with Gasteiger partial charge in [-0.3, -0.25) is 9.47 Å². The number of nitrogens with zero attached hydrogens (tertiary/aromatic N) is 4. The predicted octanol–water partition coefficient (Wildman–Crippen LogP) is 4.64. The van der Waals surface area contributed by atoms with E-state index >= 15 is 0 Å². The van der Waals surface area contributed by atoms with Crippen molar-refractivity contribution < 1.29 is 9.18 Å². The third kappa shape index (κ3) is 3.96. The van der Waals surface area contributed by atoms with Crippen LogP contribution in [0.25, 0.3) is 10.7 Å². The van der Waals surface area contributed by atoms with E-state index in [2.05, 4.69) is 15.5 Å². The van der Waals surface area contributed by atoms with E-state index in [4.69, 9.17) is 11.6 Å². The number of hydrogen-bond acceptors (Lipinski definition) is 5. The molecule has 6 nitrogen and oxygen atoms in total. The lowest BCUT2D eigenvalue weighted by Crippen LogP contribution is -2.15. The van der Waals surface area contributed by atoms with Gasteiger partial charge in [-0.1, -0.05) is 29.4 Å². The minimum absolute atomic E-state index is 0.0432.